The number of rotatable bonds is 9. The van der Waals surface area contributed by atoms with Crippen LogP contribution in [0.5, 0.6) is 0 Å². The fourth-order valence-corrected chi connectivity index (χ4v) is 7.94. The average Bonchev–Trinajstić information content (AvgIpc) is 3.77. The Bertz CT molecular complexity index is 3310. The van der Waals surface area contributed by atoms with Crippen molar-refractivity contribution in [1.82, 2.24) is 34.5 Å². The maximum Gasteiger partial charge on any atom is 0.164 e. The highest BCUT2D eigenvalue weighted by molar-refractivity contribution is 5.84. The van der Waals surface area contributed by atoms with Crippen molar-refractivity contribution in [3.63, 3.8) is 0 Å². The van der Waals surface area contributed by atoms with E-state index in [2.05, 4.69) is 126 Å². The van der Waals surface area contributed by atoms with E-state index in [9.17, 15) is 0 Å². The van der Waals surface area contributed by atoms with Crippen LogP contribution in [0.25, 0.3) is 107 Å². The van der Waals surface area contributed by atoms with E-state index in [0.717, 1.165) is 84.0 Å². The van der Waals surface area contributed by atoms with Gasteiger partial charge in [-0.05, 0) is 53.6 Å². The van der Waals surface area contributed by atoms with Crippen LogP contribution in [0.1, 0.15) is 0 Å². The number of para-hydroxylation sites is 2. The van der Waals surface area contributed by atoms with Crippen molar-refractivity contribution >= 4 is 11.0 Å². The second kappa shape index (κ2) is 16.4. The Kier molecular flexibility index (Phi) is 9.72. The molecule has 0 atom stereocenters. The molecule has 0 unspecified atom stereocenters. The lowest BCUT2D eigenvalue weighted by molar-refractivity contribution is 1.07. The van der Waals surface area contributed by atoms with Crippen molar-refractivity contribution < 1.29 is 0 Å². The predicted molar refractivity (Wildman–Crippen MR) is 254 cm³/mol. The zero-order valence-electron chi connectivity index (χ0n) is 34.0. The number of imidazole rings is 1. The normalized spacial score (nSPS) is 11.2. The maximum absolute atomic E-state index is 5.16. The Balaban J connectivity index is 0.972. The summed E-state index contributed by atoms with van der Waals surface area (Å²) in [6.07, 6.45) is 0. The van der Waals surface area contributed by atoms with Crippen molar-refractivity contribution in [2.24, 2.45) is 0 Å². The van der Waals surface area contributed by atoms with E-state index in [1.165, 1.54) is 0 Å². The zero-order valence-corrected chi connectivity index (χ0v) is 34.0. The largest absolute Gasteiger partial charge is 0.292 e. The maximum atomic E-state index is 5.16. The minimum atomic E-state index is 0.609. The quantitative estimate of drug-likeness (QED) is 0.144. The molecule has 7 heteroatoms. The summed E-state index contributed by atoms with van der Waals surface area (Å²) < 4.78 is 2.22. The lowest BCUT2D eigenvalue weighted by Crippen LogP contribution is -2.00. The number of hydrogen-bond acceptors (Lipinski definition) is 6. The van der Waals surface area contributed by atoms with Crippen molar-refractivity contribution in [2.75, 3.05) is 0 Å². The molecule has 11 rings (SSSR count). The first-order valence-electron chi connectivity index (χ1n) is 20.9. The lowest BCUT2D eigenvalue weighted by atomic mass is 9.99. The van der Waals surface area contributed by atoms with Gasteiger partial charge in [-0.15, -0.1) is 0 Å². The van der Waals surface area contributed by atoms with E-state index in [1.54, 1.807) is 0 Å². The molecule has 0 saturated carbocycles. The molecule has 296 valence electrons. The highest BCUT2D eigenvalue weighted by Crippen LogP contribution is 2.34. The predicted octanol–water partition coefficient (Wildman–Crippen LogP) is 13.3. The Morgan fingerprint density at radius 3 is 1.24 bits per heavy atom. The summed E-state index contributed by atoms with van der Waals surface area (Å²) in [5, 5.41) is 0. The molecule has 3 aromatic heterocycles. The van der Waals surface area contributed by atoms with Gasteiger partial charge < -0.3 is 0 Å². The second-order valence-electron chi connectivity index (χ2n) is 15.2. The Morgan fingerprint density at radius 2 is 0.667 bits per heavy atom. The molecule has 0 saturated heterocycles. The number of aromatic nitrogens is 7. The molecule has 0 spiro atoms. The summed E-state index contributed by atoms with van der Waals surface area (Å²) in [6.45, 7) is 0. The van der Waals surface area contributed by atoms with Crippen LogP contribution in [0.2, 0.25) is 0 Å². The summed E-state index contributed by atoms with van der Waals surface area (Å²) in [7, 11) is 0. The topological polar surface area (TPSA) is 82.3 Å². The summed E-state index contributed by atoms with van der Waals surface area (Å²) in [6, 6.07) is 76.4. The van der Waals surface area contributed by atoms with Gasteiger partial charge in [0.1, 0.15) is 5.82 Å². The smallest absolute Gasteiger partial charge is 0.164 e. The summed E-state index contributed by atoms with van der Waals surface area (Å²) in [4.78, 5) is 30.2. The minimum absolute atomic E-state index is 0.609. The number of benzene rings is 8. The molecule has 0 bridgehead atoms. The van der Waals surface area contributed by atoms with Gasteiger partial charge in [0.2, 0.25) is 0 Å². The standard InChI is InChI=1S/C56H37N7/c1-5-17-39(18-6-1)52-57-49(38-31-33-47(34-32-38)63-51-30-14-13-29-48(51)59-56(63)42-23-11-4-12-24-42)37-50(58-52)45-27-15-25-43(35-45)44-26-16-28-46(36-44)55-61-53(40-19-7-2-8-20-40)60-54(62-55)41-21-9-3-10-22-41/h1-37H. The van der Waals surface area contributed by atoms with Crippen LogP contribution < -0.4 is 0 Å². The van der Waals surface area contributed by atoms with E-state index in [1.807, 2.05) is 103 Å². The zero-order chi connectivity index (χ0) is 42.0. The molecule has 0 aliphatic heterocycles. The van der Waals surface area contributed by atoms with Gasteiger partial charge in [0, 0.05) is 44.6 Å². The van der Waals surface area contributed by atoms with E-state index >= 15 is 0 Å². The Hall–Kier alpha value is -8.68. The van der Waals surface area contributed by atoms with Gasteiger partial charge in [-0.3, -0.25) is 4.57 Å². The molecule has 11 aromatic rings. The summed E-state index contributed by atoms with van der Waals surface area (Å²) >= 11 is 0. The van der Waals surface area contributed by atoms with E-state index < -0.39 is 0 Å². The molecule has 3 heterocycles. The van der Waals surface area contributed by atoms with Crippen molar-refractivity contribution in [2.45, 2.75) is 0 Å². The average molecular weight is 808 g/mol. The van der Waals surface area contributed by atoms with Gasteiger partial charge in [-0.25, -0.2) is 29.9 Å². The molecular weight excluding hydrogens is 771 g/mol. The molecule has 8 aromatic carbocycles. The van der Waals surface area contributed by atoms with Crippen LogP contribution in [0, 0.1) is 0 Å². The third kappa shape index (κ3) is 7.56. The van der Waals surface area contributed by atoms with Gasteiger partial charge in [-0.1, -0.05) is 182 Å². The van der Waals surface area contributed by atoms with Crippen molar-refractivity contribution in [3.8, 4) is 96.3 Å². The number of hydrogen-bond donors (Lipinski definition) is 0. The summed E-state index contributed by atoms with van der Waals surface area (Å²) in [5.41, 5.74) is 13.5. The highest BCUT2D eigenvalue weighted by Gasteiger charge is 2.17. The van der Waals surface area contributed by atoms with Crippen LogP contribution in [0.4, 0.5) is 0 Å². The van der Waals surface area contributed by atoms with E-state index in [0.29, 0.717) is 23.3 Å². The molecule has 63 heavy (non-hydrogen) atoms. The first-order chi connectivity index (χ1) is 31.2. The molecular formula is C56H37N7. The monoisotopic (exact) mass is 807 g/mol. The van der Waals surface area contributed by atoms with Gasteiger partial charge >= 0.3 is 0 Å². The Morgan fingerprint density at radius 1 is 0.254 bits per heavy atom. The van der Waals surface area contributed by atoms with Crippen LogP contribution >= 0.6 is 0 Å². The lowest BCUT2D eigenvalue weighted by Gasteiger charge is -2.13. The van der Waals surface area contributed by atoms with Crippen LogP contribution in [-0.2, 0) is 0 Å². The van der Waals surface area contributed by atoms with Gasteiger partial charge in [0.15, 0.2) is 23.3 Å². The fraction of sp³-hybridized carbons (Fsp3) is 0. The first kappa shape index (κ1) is 37.3. The first-order valence-corrected chi connectivity index (χ1v) is 20.9. The van der Waals surface area contributed by atoms with Gasteiger partial charge in [0.05, 0.1) is 22.4 Å². The van der Waals surface area contributed by atoms with E-state index in [4.69, 9.17) is 29.9 Å². The second-order valence-corrected chi connectivity index (χ2v) is 15.2. The highest BCUT2D eigenvalue weighted by atomic mass is 15.1. The van der Waals surface area contributed by atoms with Crippen LogP contribution in [-0.4, -0.2) is 34.5 Å². The molecule has 0 N–H and O–H groups in total. The van der Waals surface area contributed by atoms with Crippen molar-refractivity contribution in [3.05, 3.63) is 224 Å². The molecule has 0 aliphatic carbocycles. The van der Waals surface area contributed by atoms with Crippen molar-refractivity contribution in [1.29, 1.82) is 0 Å². The third-order valence-electron chi connectivity index (χ3n) is 11.1. The fourth-order valence-electron chi connectivity index (χ4n) is 7.94. The molecule has 0 fully saturated rings. The summed E-state index contributed by atoms with van der Waals surface area (Å²) in [5.74, 6) is 3.42. The van der Waals surface area contributed by atoms with Crippen LogP contribution in [0.15, 0.2) is 224 Å². The molecule has 0 aliphatic rings. The Labute approximate surface area is 364 Å². The minimum Gasteiger partial charge on any atom is -0.292 e. The third-order valence-corrected chi connectivity index (χ3v) is 11.1. The van der Waals surface area contributed by atoms with E-state index in [-0.39, 0.29) is 0 Å². The molecule has 7 nitrogen and oxygen atoms in total. The molecule has 0 amide bonds. The SMILES string of the molecule is c1ccc(-c2nc(-c3ccc(-n4c(-c5ccccc5)nc5ccccc54)cc3)cc(-c3cccc(-c4cccc(-c5nc(-c6ccccc6)nc(-c6ccccc6)n5)c4)c3)n2)cc1. The van der Waals surface area contributed by atoms with Crippen LogP contribution in [0.3, 0.4) is 0 Å². The molecule has 0 radical (unpaired) electrons. The number of fused-ring (bicyclic) bond motifs is 1. The van der Waals surface area contributed by atoms with Gasteiger partial charge in [0.25, 0.3) is 0 Å². The van der Waals surface area contributed by atoms with Gasteiger partial charge in [-0.2, -0.15) is 0 Å². The number of nitrogens with zero attached hydrogens (tertiary/aromatic N) is 7.